The van der Waals surface area contributed by atoms with Crippen LogP contribution in [0.25, 0.3) is 0 Å². The van der Waals surface area contributed by atoms with E-state index in [1.165, 1.54) is 44.3 Å². The minimum Gasteiger partial charge on any atom is -0.373 e. The summed E-state index contributed by atoms with van der Waals surface area (Å²) in [4.78, 5) is 6.90. The van der Waals surface area contributed by atoms with Crippen molar-refractivity contribution in [2.24, 2.45) is 5.92 Å². The third-order valence-electron chi connectivity index (χ3n) is 4.34. The third-order valence-corrected chi connectivity index (χ3v) is 4.34. The SMILES string of the molecule is CNc1cc(N2CCC3CCCCC32)ccn1. The van der Waals surface area contributed by atoms with Crippen molar-refractivity contribution in [3.8, 4) is 0 Å². The van der Waals surface area contributed by atoms with Crippen LogP contribution < -0.4 is 10.2 Å². The molecular formula is C14H21N3. The van der Waals surface area contributed by atoms with E-state index in [4.69, 9.17) is 0 Å². The summed E-state index contributed by atoms with van der Waals surface area (Å²) in [5.74, 6) is 1.91. The summed E-state index contributed by atoms with van der Waals surface area (Å²) >= 11 is 0. The maximum absolute atomic E-state index is 4.30. The summed E-state index contributed by atoms with van der Waals surface area (Å²) in [7, 11) is 1.93. The molecule has 17 heavy (non-hydrogen) atoms. The number of nitrogens with zero attached hydrogens (tertiary/aromatic N) is 2. The summed E-state index contributed by atoms with van der Waals surface area (Å²) in [6.07, 6.45) is 8.95. The first-order valence-corrected chi connectivity index (χ1v) is 6.79. The van der Waals surface area contributed by atoms with Crippen LogP contribution in [0.2, 0.25) is 0 Å². The van der Waals surface area contributed by atoms with Crippen molar-refractivity contribution in [1.82, 2.24) is 4.98 Å². The standard InChI is InChI=1S/C14H21N3/c1-15-14-10-12(6-8-16-14)17-9-7-11-4-2-3-5-13(11)17/h6,8,10-11,13H,2-5,7,9H2,1H3,(H,15,16). The Labute approximate surface area is 103 Å². The monoisotopic (exact) mass is 231 g/mol. The number of rotatable bonds is 2. The van der Waals surface area contributed by atoms with Crippen LogP contribution in [0.5, 0.6) is 0 Å². The first-order chi connectivity index (χ1) is 8.38. The predicted octanol–water partition coefficient (Wildman–Crippen LogP) is 2.89. The molecule has 3 nitrogen and oxygen atoms in total. The van der Waals surface area contributed by atoms with Gasteiger partial charge in [-0.3, -0.25) is 0 Å². The van der Waals surface area contributed by atoms with Gasteiger partial charge in [0.2, 0.25) is 0 Å². The number of aromatic nitrogens is 1. The van der Waals surface area contributed by atoms with E-state index in [0.717, 1.165) is 17.8 Å². The highest BCUT2D eigenvalue weighted by molar-refractivity contribution is 5.55. The number of fused-ring (bicyclic) bond motifs is 1. The summed E-state index contributed by atoms with van der Waals surface area (Å²) in [6.45, 7) is 1.22. The first kappa shape index (κ1) is 10.9. The Morgan fingerprint density at radius 1 is 1.29 bits per heavy atom. The Hall–Kier alpha value is -1.25. The molecule has 0 spiro atoms. The van der Waals surface area contributed by atoms with Crippen LogP contribution >= 0.6 is 0 Å². The van der Waals surface area contributed by atoms with Gasteiger partial charge in [0.1, 0.15) is 5.82 Å². The molecule has 3 heteroatoms. The molecule has 1 saturated heterocycles. The summed E-state index contributed by atoms with van der Waals surface area (Å²) in [6, 6.07) is 5.12. The molecule has 0 radical (unpaired) electrons. The molecule has 3 rings (SSSR count). The minimum atomic E-state index is 0.788. The van der Waals surface area contributed by atoms with E-state index in [0.29, 0.717) is 0 Å². The number of pyridine rings is 1. The molecule has 2 fully saturated rings. The lowest BCUT2D eigenvalue weighted by molar-refractivity contribution is 0.342. The number of anilines is 2. The quantitative estimate of drug-likeness (QED) is 0.848. The third kappa shape index (κ3) is 1.99. The van der Waals surface area contributed by atoms with Crippen LogP contribution in [-0.2, 0) is 0 Å². The van der Waals surface area contributed by atoms with Gasteiger partial charge in [-0.05, 0) is 31.2 Å². The molecule has 2 atom stereocenters. The molecule has 0 bridgehead atoms. The van der Waals surface area contributed by atoms with Gasteiger partial charge < -0.3 is 10.2 Å². The van der Waals surface area contributed by atoms with Crippen LogP contribution in [0.1, 0.15) is 32.1 Å². The second-order valence-electron chi connectivity index (χ2n) is 5.24. The van der Waals surface area contributed by atoms with Gasteiger partial charge in [-0.25, -0.2) is 4.98 Å². The zero-order valence-electron chi connectivity index (χ0n) is 10.5. The van der Waals surface area contributed by atoms with Gasteiger partial charge in [0.05, 0.1) is 0 Å². The molecule has 1 saturated carbocycles. The van der Waals surface area contributed by atoms with Crippen molar-refractivity contribution >= 4 is 11.5 Å². The minimum absolute atomic E-state index is 0.788. The smallest absolute Gasteiger partial charge is 0.127 e. The molecule has 2 aliphatic rings. The molecule has 1 aromatic rings. The predicted molar refractivity (Wildman–Crippen MR) is 71.5 cm³/mol. The Morgan fingerprint density at radius 3 is 3.06 bits per heavy atom. The number of nitrogens with one attached hydrogen (secondary N) is 1. The van der Waals surface area contributed by atoms with E-state index >= 15 is 0 Å². The topological polar surface area (TPSA) is 28.2 Å². The molecule has 0 amide bonds. The van der Waals surface area contributed by atoms with Gasteiger partial charge in [-0.15, -0.1) is 0 Å². The highest BCUT2D eigenvalue weighted by Gasteiger charge is 2.35. The van der Waals surface area contributed by atoms with E-state index in [9.17, 15) is 0 Å². The Kier molecular flexibility index (Phi) is 2.91. The molecule has 0 aromatic carbocycles. The van der Waals surface area contributed by atoms with E-state index < -0.39 is 0 Å². The van der Waals surface area contributed by atoms with Gasteiger partial charge in [-0.1, -0.05) is 12.8 Å². The van der Waals surface area contributed by atoms with Crippen molar-refractivity contribution in [2.45, 2.75) is 38.1 Å². The van der Waals surface area contributed by atoms with Crippen molar-refractivity contribution in [3.63, 3.8) is 0 Å². The molecule has 1 aromatic heterocycles. The van der Waals surface area contributed by atoms with Crippen molar-refractivity contribution < 1.29 is 0 Å². The summed E-state index contributed by atoms with van der Waals surface area (Å²) < 4.78 is 0. The lowest BCUT2D eigenvalue weighted by Gasteiger charge is -2.33. The molecular weight excluding hydrogens is 210 g/mol. The van der Waals surface area contributed by atoms with Crippen LogP contribution in [0.15, 0.2) is 18.3 Å². The van der Waals surface area contributed by atoms with E-state index in [1.807, 2.05) is 13.2 Å². The van der Waals surface area contributed by atoms with Crippen LogP contribution in [-0.4, -0.2) is 24.6 Å². The Balaban J connectivity index is 1.83. The average Bonchev–Trinajstić information content (AvgIpc) is 2.82. The molecule has 2 unspecified atom stereocenters. The second kappa shape index (κ2) is 4.55. The van der Waals surface area contributed by atoms with Crippen LogP contribution in [0.4, 0.5) is 11.5 Å². The number of hydrogen-bond acceptors (Lipinski definition) is 3. The maximum Gasteiger partial charge on any atom is 0.127 e. The van der Waals surface area contributed by atoms with Crippen LogP contribution in [0.3, 0.4) is 0 Å². The molecule has 1 aliphatic heterocycles. The van der Waals surface area contributed by atoms with Gasteiger partial charge >= 0.3 is 0 Å². The van der Waals surface area contributed by atoms with Crippen molar-refractivity contribution in [1.29, 1.82) is 0 Å². The lowest BCUT2D eigenvalue weighted by atomic mass is 9.85. The van der Waals surface area contributed by atoms with Crippen LogP contribution in [0, 0.1) is 5.92 Å². The van der Waals surface area contributed by atoms with E-state index in [1.54, 1.807) is 0 Å². The van der Waals surface area contributed by atoms with Gasteiger partial charge in [0, 0.05) is 37.6 Å². The molecule has 1 N–H and O–H groups in total. The van der Waals surface area contributed by atoms with Gasteiger partial charge in [0.15, 0.2) is 0 Å². The second-order valence-corrected chi connectivity index (χ2v) is 5.24. The van der Waals surface area contributed by atoms with Crippen molar-refractivity contribution in [2.75, 3.05) is 23.8 Å². The highest BCUT2D eigenvalue weighted by atomic mass is 15.2. The molecule has 92 valence electrons. The fraction of sp³-hybridized carbons (Fsp3) is 0.643. The zero-order chi connectivity index (χ0) is 11.7. The maximum atomic E-state index is 4.30. The van der Waals surface area contributed by atoms with E-state index in [2.05, 4.69) is 27.3 Å². The van der Waals surface area contributed by atoms with Gasteiger partial charge in [0.25, 0.3) is 0 Å². The summed E-state index contributed by atoms with van der Waals surface area (Å²) in [5, 5.41) is 3.13. The average molecular weight is 231 g/mol. The summed E-state index contributed by atoms with van der Waals surface area (Å²) in [5.41, 5.74) is 1.35. The fourth-order valence-electron chi connectivity index (χ4n) is 3.46. The van der Waals surface area contributed by atoms with Gasteiger partial charge in [-0.2, -0.15) is 0 Å². The van der Waals surface area contributed by atoms with Crippen molar-refractivity contribution in [3.05, 3.63) is 18.3 Å². The molecule has 1 aliphatic carbocycles. The lowest BCUT2D eigenvalue weighted by Crippen LogP contribution is -2.34. The Bertz CT molecular complexity index is 391. The largest absolute Gasteiger partial charge is 0.373 e. The van der Waals surface area contributed by atoms with E-state index in [-0.39, 0.29) is 0 Å². The first-order valence-electron chi connectivity index (χ1n) is 6.79. The zero-order valence-corrected chi connectivity index (χ0v) is 10.5. The highest BCUT2D eigenvalue weighted by Crippen LogP contribution is 2.38. The normalized spacial score (nSPS) is 27.9. The fourth-order valence-corrected chi connectivity index (χ4v) is 3.46. The Morgan fingerprint density at radius 2 is 2.18 bits per heavy atom. The number of hydrogen-bond donors (Lipinski definition) is 1. The molecule has 2 heterocycles.